The third-order valence-corrected chi connectivity index (χ3v) is 0. The van der Waals surface area contributed by atoms with Gasteiger partial charge in [0.2, 0.25) is 0 Å². The minimum absolute atomic E-state index is 0. The van der Waals surface area contributed by atoms with Crippen molar-refractivity contribution in [2.45, 2.75) is 0 Å². The third kappa shape index (κ3) is 18500. The Hall–Kier alpha value is 0.430. The van der Waals surface area contributed by atoms with Gasteiger partial charge < -0.3 is 19.1 Å². The number of hydrogen-bond donors (Lipinski definition) is 0. The van der Waals surface area contributed by atoms with E-state index in [0.29, 0.717) is 18.8 Å². The van der Waals surface area contributed by atoms with Gasteiger partial charge in [-0.05, 0) is 0 Å². The van der Waals surface area contributed by atoms with E-state index in [1.54, 1.807) is 0 Å². The van der Waals surface area contributed by atoms with Crippen molar-refractivity contribution in [3.63, 3.8) is 0 Å². The van der Waals surface area contributed by atoms with Gasteiger partial charge in [-0.15, -0.1) is 0 Å². The van der Waals surface area contributed by atoms with Crippen molar-refractivity contribution in [2.75, 3.05) is 18.8 Å². The fraction of sp³-hybridized carbons (Fsp3) is 1.00. The summed E-state index contributed by atoms with van der Waals surface area (Å²) in [6.45, 7) is 0. The van der Waals surface area contributed by atoms with Gasteiger partial charge in [-0.3, -0.25) is 0 Å². The molecule has 0 aromatic heterocycles. The maximum atomic E-state index is 9.08. The molecule has 115 valence electrons. The van der Waals surface area contributed by atoms with E-state index in [-0.39, 0.29) is 27.9 Å². The summed E-state index contributed by atoms with van der Waals surface area (Å²) in [5.74, 6) is 0. The summed E-state index contributed by atoms with van der Waals surface area (Å²) in [7, 11) is -11.8. The molecule has 2 N–H and O–H groups in total. The molecule has 0 atom stereocenters. The zero-order valence-electron chi connectivity index (χ0n) is 8.70. The molecule has 0 aliphatic heterocycles. The second-order valence-electron chi connectivity index (χ2n) is 2.11. The molecule has 0 amide bonds. The van der Waals surface area contributed by atoms with Crippen LogP contribution in [0.5, 0.6) is 0 Å². The molecule has 0 heterocycles. The van der Waals surface area contributed by atoms with Gasteiger partial charge in [-0.1, -0.05) is 0 Å². The van der Waals surface area contributed by atoms with Crippen molar-refractivity contribution in [3.05, 3.63) is 0 Å². The summed E-state index contributed by atoms with van der Waals surface area (Å²) in [5.41, 5.74) is 0. The Balaban J connectivity index is -0.0000000400. The van der Waals surface area contributed by atoms with E-state index in [1.807, 2.05) is 0 Å². The Bertz CT molecular complexity index is 348. The Kier molecular flexibility index (Phi) is 20.6. The minimum atomic E-state index is -3.92. The second-order valence-corrected chi connectivity index (χ2v) is 6.34. The SMILES string of the molecule is CS(=O)(=O)[O-].CS(=O)(=O)[O-].CS(=O)(=O)[O-].O.[Ag]. The predicted molar refractivity (Wildman–Crippen MR) is 50.5 cm³/mol. The van der Waals surface area contributed by atoms with Crippen LogP contribution in [-0.2, 0) is 52.7 Å². The Morgan fingerprint density at radius 3 is 0.588 bits per heavy atom. The predicted octanol–water partition coefficient (Wildman–Crippen LogP) is -3.34. The maximum absolute atomic E-state index is 9.08. The first-order valence-corrected chi connectivity index (χ1v) is 8.17. The summed E-state index contributed by atoms with van der Waals surface area (Å²) >= 11 is 0. The summed E-state index contributed by atoms with van der Waals surface area (Å²) in [6, 6.07) is 0. The summed E-state index contributed by atoms with van der Waals surface area (Å²) in [5, 5.41) is 0. The van der Waals surface area contributed by atoms with Crippen LogP contribution >= 0.6 is 0 Å². The van der Waals surface area contributed by atoms with Crippen molar-refractivity contribution in [3.8, 4) is 0 Å². The van der Waals surface area contributed by atoms with E-state index in [4.69, 9.17) is 38.9 Å². The number of hydrogen-bond acceptors (Lipinski definition) is 9. The van der Waals surface area contributed by atoms with Crippen LogP contribution in [-0.4, -0.2) is 63.2 Å². The van der Waals surface area contributed by atoms with Gasteiger partial charge in [0.25, 0.3) is 0 Å². The summed E-state index contributed by atoms with van der Waals surface area (Å²) < 4.78 is 81.7. The molecule has 0 spiro atoms. The van der Waals surface area contributed by atoms with Gasteiger partial charge in [0, 0.05) is 41.1 Å². The van der Waals surface area contributed by atoms with Crippen LogP contribution in [0.2, 0.25) is 0 Å². The molecule has 0 aliphatic rings. The van der Waals surface area contributed by atoms with Crippen molar-refractivity contribution in [1.82, 2.24) is 0 Å². The van der Waals surface area contributed by atoms with Gasteiger partial charge >= 0.3 is 0 Å². The monoisotopic (exact) mass is 410 g/mol. The van der Waals surface area contributed by atoms with E-state index < -0.39 is 30.4 Å². The molecule has 0 aliphatic carbocycles. The minimum Gasteiger partial charge on any atom is -0.748 e. The van der Waals surface area contributed by atoms with Crippen molar-refractivity contribution in [1.29, 1.82) is 0 Å². The van der Waals surface area contributed by atoms with E-state index in [1.165, 1.54) is 0 Å². The Labute approximate surface area is 115 Å². The molecule has 0 unspecified atom stereocenters. The fourth-order valence-electron chi connectivity index (χ4n) is 0. The quantitative estimate of drug-likeness (QED) is 0.288. The molecular formula is C3H11AgO10S3-3. The molecular weight excluding hydrogens is 400 g/mol. The molecule has 14 heteroatoms. The zero-order chi connectivity index (χ0) is 13.5. The van der Waals surface area contributed by atoms with Gasteiger partial charge in [-0.2, -0.15) is 0 Å². The largest absolute Gasteiger partial charge is 0.748 e. The average Bonchev–Trinajstić information content (AvgIpc) is 1.41. The molecule has 0 saturated carbocycles. The maximum Gasteiger partial charge on any atom is 0.0916 e. The average molecular weight is 411 g/mol. The Morgan fingerprint density at radius 1 is 0.588 bits per heavy atom. The van der Waals surface area contributed by atoms with Crippen LogP contribution in [0.1, 0.15) is 0 Å². The first-order valence-electron chi connectivity index (χ1n) is 2.72. The molecule has 17 heavy (non-hydrogen) atoms. The fourth-order valence-corrected chi connectivity index (χ4v) is 0. The van der Waals surface area contributed by atoms with E-state index in [2.05, 4.69) is 0 Å². The van der Waals surface area contributed by atoms with Crippen molar-refractivity contribution in [2.24, 2.45) is 0 Å². The van der Waals surface area contributed by atoms with E-state index in [0.717, 1.165) is 0 Å². The van der Waals surface area contributed by atoms with Gasteiger partial charge in [0.05, 0.1) is 30.4 Å². The van der Waals surface area contributed by atoms with E-state index in [9.17, 15) is 0 Å². The van der Waals surface area contributed by atoms with Crippen LogP contribution in [0.4, 0.5) is 0 Å². The molecule has 0 bridgehead atoms. The molecule has 0 aromatic carbocycles. The molecule has 0 saturated heterocycles. The van der Waals surface area contributed by atoms with E-state index >= 15 is 0 Å². The van der Waals surface area contributed by atoms with Crippen LogP contribution in [0.15, 0.2) is 0 Å². The smallest absolute Gasteiger partial charge is 0.0916 e. The van der Waals surface area contributed by atoms with Crippen molar-refractivity contribution < 1.29 is 66.8 Å². The second kappa shape index (κ2) is 11.5. The third-order valence-electron chi connectivity index (χ3n) is 0. The Morgan fingerprint density at radius 2 is 0.588 bits per heavy atom. The molecule has 0 aromatic rings. The first-order chi connectivity index (χ1) is 6.00. The van der Waals surface area contributed by atoms with Crippen molar-refractivity contribution >= 4 is 30.4 Å². The standard InChI is InChI=1S/3CH4O3S.Ag.H2O/c3*1-5(2,3)4;;/h3*1H3,(H,2,3,4);;1H2/p-3. The molecule has 0 rings (SSSR count). The molecule has 0 fully saturated rings. The molecule has 1 radical (unpaired) electrons. The van der Waals surface area contributed by atoms with Crippen LogP contribution in [0.3, 0.4) is 0 Å². The van der Waals surface area contributed by atoms with Crippen LogP contribution in [0, 0.1) is 0 Å². The topological polar surface area (TPSA) is 203 Å². The van der Waals surface area contributed by atoms with Gasteiger partial charge in [0.1, 0.15) is 0 Å². The summed E-state index contributed by atoms with van der Waals surface area (Å²) in [6.07, 6.45) is 1.81. The number of rotatable bonds is 0. The zero-order valence-corrected chi connectivity index (χ0v) is 12.6. The normalized spacial score (nSPS) is 10.2. The van der Waals surface area contributed by atoms with Gasteiger partial charge in [0.15, 0.2) is 0 Å². The first kappa shape index (κ1) is 30.5. The van der Waals surface area contributed by atoms with Crippen LogP contribution < -0.4 is 0 Å². The molecule has 10 nitrogen and oxygen atoms in total. The van der Waals surface area contributed by atoms with Gasteiger partial charge in [-0.25, -0.2) is 25.3 Å². The summed E-state index contributed by atoms with van der Waals surface area (Å²) in [4.78, 5) is 0. The van der Waals surface area contributed by atoms with Crippen LogP contribution in [0.25, 0.3) is 0 Å².